The van der Waals surface area contributed by atoms with E-state index in [4.69, 9.17) is 4.74 Å². The van der Waals surface area contributed by atoms with Crippen molar-refractivity contribution in [2.45, 2.75) is 51.9 Å². The number of aryl methyl sites for hydroxylation is 1. The van der Waals surface area contributed by atoms with Crippen molar-refractivity contribution in [2.75, 3.05) is 46.2 Å². The third-order valence-corrected chi connectivity index (χ3v) is 8.33. The van der Waals surface area contributed by atoms with E-state index in [0.29, 0.717) is 0 Å². The fourth-order valence-electron chi connectivity index (χ4n) is 5.91. The van der Waals surface area contributed by atoms with Crippen molar-refractivity contribution in [3.63, 3.8) is 0 Å². The second kappa shape index (κ2) is 11.4. The van der Waals surface area contributed by atoms with Crippen LogP contribution in [0, 0.1) is 0 Å². The van der Waals surface area contributed by atoms with Crippen LogP contribution in [0.15, 0.2) is 84.6 Å². The molecule has 2 aromatic rings. The molecule has 0 amide bonds. The highest BCUT2D eigenvalue weighted by atomic mass is 16.5. The molecular weight excluding hydrogens is 478 g/mol. The van der Waals surface area contributed by atoms with Gasteiger partial charge in [0, 0.05) is 47.6 Å². The summed E-state index contributed by atoms with van der Waals surface area (Å²) in [4.78, 5) is 4.76. The van der Waals surface area contributed by atoms with Crippen molar-refractivity contribution in [1.29, 1.82) is 0 Å². The Balaban J connectivity index is 1.51. The molecule has 4 heteroatoms. The summed E-state index contributed by atoms with van der Waals surface area (Å²) in [5.41, 5.74) is 9.21. The summed E-state index contributed by atoms with van der Waals surface area (Å²) >= 11 is 0. The Morgan fingerprint density at radius 3 is 2.31 bits per heavy atom. The number of likely N-dealkylation sites (N-methyl/N-ethyl adjacent to an activating group) is 1. The van der Waals surface area contributed by atoms with Gasteiger partial charge in [-0.05, 0) is 69.8 Å². The Labute approximate surface area is 236 Å². The van der Waals surface area contributed by atoms with Gasteiger partial charge >= 0.3 is 0 Å². The lowest BCUT2D eigenvalue weighted by atomic mass is 9.81. The maximum Gasteiger partial charge on any atom is 0.209 e. The number of rotatable bonds is 9. The van der Waals surface area contributed by atoms with Crippen molar-refractivity contribution >= 4 is 17.1 Å². The summed E-state index contributed by atoms with van der Waals surface area (Å²) in [5, 5.41) is 0. The topological polar surface area (TPSA) is 18.7 Å². The van der Waals surface area contributed by atoms with Gasteiger partial charge in [-0.1, -0.05) is 63.3 Å². The van der Waals surface area contributed by atoms with Crippen LogP contribution >= 0.6 is 0 Å². The lowest BCUT2D eigenvalue weighted by Gasteiger charge is -2.28. The predicted octanol–water partition coefficient (Wildman–Crippen LogP) is 7.18. The van der Waals surface area contributed by atoms with E-state index in [-0.39, 0.29) is 10.8 Å². The third-order valence-electron chi connectivity index (χ3n) is 8.33. The summed E-state index contributed by atoms with van der Waals surface area (Å²) < 4.78 is 7.76. The number of hydrogen-bond acceptors (Lipinski definition) is 3. The fourth-order valence-corrected chi connectivity index (χ4v) is 5.91. The van der Waals surface area contributed by atoms with Crippen LogP contribution in [0.1, 0.15) is 51.3 Å². The van der Waals surface area contributed by atoms with Crippen LogP contribution in [0.2, 0.25) is 0 Å². The molecule has 0 atom stereocenters. The van der Waals surface area contributed by atoms with E-state index in [0.717, 1.165) is 25.3 Å². The second-order valence-corrected chi connectivity index (χ2v) is 11.9. The highest BCUT2D eigenvalue weighted by Gasteiger charge is 2.43. The number of nitrogens with zero attached hydrogens (tertiary/aromatic N) is 3. The molecule has 0 saturated carbocycles. The smallest absolute Gasteiger partial charge is 0.209 e. The average molecular weight is 525 g/mol. The maximum atomic E-state index is 5.47. The first-order valence-corrected chi connectivity index (χ1v) is 14.1. The first-order chi connectivity index (χ1) is 18.5. The molecule has 39 heavy (non-hydrogen) atoms. The normalized spacial score (nSPS) is 18.9. The van der Waals surface area contributed by atoms with Crippen LogP contribution < -0.4 is 9.64 Å². The first-order valence-electron chi connectivity index (χ1n) is 14.1. The van der Waals surface area contributed by atoms with Gasteiger partial charge in [0.2, 0.25) is 5.69 Å². The SMILES string of the molecule is CCc1ccc2c(c1)C(C)(C)C(=CC=CC=CC=CC1=[N+](C)c3ccc(OC)cc3C1(C)C)N2CCN(C)C. The molecule has 2 aliphatic heterocycles. The molecule has 2 aromatic carbocycles. The van der Waals surface area contributed by atoms with Crippen molar-refractivity contribution in [1.82, 2.24) is 4.90 Å². The van der Waals surface area contributed by atoms with Crippen LogP contribution in [0.4, 0.5) is 11.4 Å². The van der Waals surface area contributed by atoms with E-state index in [1.54, 1.807) is 7.11 Å². The maximum absolute atomic E-state index is 5.47. The Morgan fingerprint density at radius 2 is 1.62 bits per heavy atom. The number of methoxy groups -OCH3 is 1. The summed E-state index contributed by atoms with van der Waals surface area (Å²) in [6, 6.07) is 13.3. The van der Waals surface area contributed by atoms with Gasteiger partial charge in [0.25, 0.3) is 0 Å². The zero-order valence-electron chi connectivity index (χ0n) is 25.4. The molecule has 2 aliphatic rings. The molecule has 206 valence electrons. The molecule has 0 bridgehead atoms. The molecule has 0 fully saturated rings. The zero-order valence-corrected chi connectivity index (χ0v) is 25.4. The van der Waals surface area contributed by atoms with Gasteiger partial charge in [0.15, 0.2) is 5.71 Å². The predicted molar refractivity (Wildman–Crippen MR) is 167 cm³/mol. The Kier molecular flexibility index (Phi) is 8.37. The Hall–Kier alpha value is -3.37. The number of allylic oxidation sites excluding steroid dienone is 8. The van der Waals surface area contributed by atoms with E-state index in [1.807, 2.05) is 6.07 Å². The van der Waals surface area contributed by atoms with E-state index < -0.39 is 0 Å². The summed E-state index contributed by atoms with van der Waals surface area (Å²) in [6.45, 7) is 13.5. The van der Waals surface area contributed by atoms with Crippen LogP contribution in [0.25, 0.3) is 0 Å². The number of fused-ring (bicyclic) bond motifs is 2. The standard InChI is InChI=1S/C35H46N3O/c1-10-26-18-20-31-28(24-26)35(4,5)33(38(31)23-22-36(6)7)17-15-13-11-12-14-16-32-34(2,3)29-25-27(39-9)19-21-30(29)37(32)8/h11-21,24-25H,10,22-23H2,1-9H3/q+1. The zero-order chi connectivity index (χ0) is 28.4. The number of hydrogen-bond donors (Lipinski definition) is 0. The van der Waals surface area contributed by atoms with Crippen LogP contribution in [-0.4, -0.2) is 56.5 Å². The third kappa shape index (κ3) is 5.53. The minimum absolute atomic E-state index is 0.0340. The van der Waals surface area contributed by atoms with Crippen molar-refractivity contribution < 1.29 is 9.31 Å². The van der Waals surface area contributed by atoms with Crippen LogP contribution in [0.5, 0.6) is 5.75 Å². The lowest BCUT2D eigenvalue weighted by Crippen LogP contribution is -2.32. The van der Waals surface area contributed by atoms with E-state index >= 15 is 0 Å². The molecule has 0 spiro atoms. The van der Waals surface area contributed by atoms with Crippen LogP contribution in [-0.2, 0) is 17.3 Å². The highest BCUT2D eigenvalue weighted by molar-refractivity contribution is 6.03. The van der Waals surface area contributed by atoms with Gasteiger partial charge in [0.05, 0.1) is 12.5 Å². The molecule has 0 saturated heterocycles. The molecule has 0 unspecified atom stereocenters. The Morgan fingerprint density at radius 1 is 0.897 bits per heavy atom. The number of anilines is 1. The fraction of sp³-hybridized carbons (Fsp3) is 0.400. The summed E-state index contributed by atoms with van der Waals surface area (Å²) in [6.07, 6.45) is 16.2. The van der Waals surface area contributed by atoms with Gasteiger partial charge in [-0.15, -0.1) is 0 Å². The van der Waals surface area contributed by atoms with Gasteiger partial charge in [-0.25, -0.2) is 0 Å². The van der Waals surface area contributed by atoms with Gasteiger partial charge in [-0.2, -0.15) is 4.58 Å². The summed E-state index contributed by atoms with van der Waals surface area (Å²) in [7, 11) is 8.15. The van der Waals surface area contributed by atoms with Gasteiger partial charge < -0.3 is 14.5 Å². The number of benzene rings is 2. The summed E-state index contributed by atoms with van der Waals surface area (Å²) in [5.74, 6) is 0.902. The van der Waals surface area contributed by atoms with Crippen molar-refractivity contribution in [3.05, 3.63) is 101 Å². The highest BCUT2D eigenvalue weighted by Crippen LogP contribution is 2.48. The first kappa shape index (κ1) is 28.6. The second-order valence-electron chi connectivity index (χ2n) is 11.9. The van der Waals surface area contributed by atoms with E-state index in [9.17, 15) is 0 Å². The van der Waals surface area contributed by atoms with Gasteiger partial charge in [0.1, 0.15) is 12.8 Å². The van der Waals surface area contributed by atoms with E-state index in [1.165, 1.54) is 39.5 Å². The molecule has 4 rings (SSSR count). The minimum Gasteiger partial charge on any atom is -0.497 e. The average Bonchev–Trinajstić information content (AvgIpc) is 3.24. The lowest BCUT2D eigenvalue weighted by molar-refractivity contribution is -0.401. The largest absolute Gasteiger partial charge is 0.497 e. The Bertz CT molecular complexity index is 1370. The molecule has 0 aliphatic carbocycles. The molecular formula is C35H46N3O+. The number of ether oxygens (including phenoxy) is 1. The molecule has 2 heterocycles. The molecule has 0 aromatic heterocycles. The molecule has 0 N–H and O–H groups in total. The van der Waals surface area contributed by atoms with Crippen molar-refractivity contribution in [3.8, 4) is 5.75 Å². The van der Waals surface area contributed by atoms with Crippen LogP contribution in [0.3, 0.4) is 0 Å². The molecule has 0 radical (unpaired) electrons. The minimum atomic E-state index is -0.0834. The van der Waals surface area contributed by atoms with Gasteiger partial charge in [-0.3, -0.25) is 0 Å². The van der Waals surface area contributed by atoms with E-state index in [2.05, 4.69) is 143 Å². The van der Waals surface area contributed by atoms with Crippen molar-refractivity contribution in [2.24, 2.45) is 0 Å². The quantitative estimate of drug-likeness (QED) is 0.256. The molecule has 4 nitrogen and oxygen atoms in total. The monoisotopic (exact) mass is 524 g/mol.